The van der Waals surface area contributed by atoms with E-state index in [9.17, 15) is 0 Å². The van der Waals surface area contributed by atoms with Gasteiger partial charge in [-0.3, -0.25) is 9.88 Å². The van der Waals surface area contributed by atoms with Crippen molar-refractivity contribution in [2.24, 2.45) is 0 Å². The van der Waals surface area contributed by atoms with Crippen molar-refractivity contribution < 1.29 is 0 Å². The Morgan fingerprint density at radius 2 is 1.69 bits per heavy atom. The van der Waals surface area contributed by atoms with E-state index in [0.717, 1.165) is 17.9 Å². The predicted octanol–water partition coefficient (Wildman–Crippen LogP) is 4.56. The highest BCUT2D eigenvalue weighted by Gasteiger charge is 2.23. The van der Waals surface area contributed by atoms with Crippen LogP contribution in [0.5, 0.6) is 0 Å². The topological polar surface area (TPSA) is 34.0 Å². The molecule has 0 bridgehead atoms. The minimum Gasteiger partial charge on any atom is -0.329 e. The standard InChI is InChI=1S/C22H26N4/c1-2-7-15-25(14-6-1)21(19-9-4-3-5-10-19)18-26-16-13-24-22(26)20-11-8-12-23-17-20/h3-5,8-13,16-17,21H,1-2,6-7,14-15,18H2/t21-/m0/s1. The van der Waals surface area contributed by atoms with Gasteiger partial charge in [-0.1, -0.05) is 43.2 Å². The zero-order valence-electron chi connectivity index (χ0n) is 15.2. The molecule has 0 saturated carbocycles. The molecule has 0 radical (unpaired) electrons. The lowest BCUT2D eigenvalue weighted by molar-refractivity contribution is 0.186. The maximum atomic E-state index is 4.60. The van der Waals surface area contributed by atoms with Crippen LogP contribution < -0.4 is 0 Å². The van der Waals surface area contributed by atoms with Gasteiger partial charge in [-0.15, -0.1) is 0 Å². The van der Waals surface area contributed by atoms with Crippen LogP contribution in [0.1, 0.15) is 37.3 Å². The van der Waals surface area contributed by atoms with Crippen molar-refractivity contribution in [1.82, 2.24) is 19.4 Å². The molecular formula is C22H26N4. The molecule has 134 valence electrons. The molecule has 4 rings (SSSR count). The molecule has 3 aromatic rings. The molecule has 0 unspecified atom stereocenters. The minimum atomic E-state index is 0.374. The first-order valence-corrected chi connectivity index (χ1v) is 9.62. The van der Waals surface area contributed by atoms with Crippen molar-refractivity contribution in [3.05, 3.63) is 72.8 Å². The summed E-state index contributed by atoms with van der Waals surface area (Å²) >= 11 is 0. The maximum absolute atomic E-state index is 4.60. The van der Waals surface area contributed by atoms with Crippen LogP contribution >= 0.6 is 0 Å². The molecule has 1 aliphatic rings. The van der Waals surface area contributed by atoms with Crippen LogP contribution in [-0.4, -0.2) is 32.5 Å². The monoisotopic (exact) mass is 346 g/mol. The van der Waals surface area contributed by atoms with Gasteiger partial charge in [-0.2, -0.15) is 0 Å². The van der Waals surface area contributed by atoms with Crippen molar-refractivity contribution in [2.45, 2.75) is 38.3 Å². The molecule has 1 saturated heterocycles. The molecule has 26 heavy (non-hydrogen) atoms. The number of imidazole rings is 1. The van der Waals surface area contributed by atoms with Gasteiger partial charge in [0, 0.05) is 36.9 Å². The summed E-state index contributed by atoms with van der Waals surface area (Å²) in [6.45, 7) is 3.27. The van der Waals surface area contributed by atoms with E-state index in [-0.39, 0.29) is 0 Å². The normalized spacial score (nSPS) is 16.9. The zero-order valence-corrected chi connectivity index (χ0v) is 15.2. The molecule has 1 atom stereocenters. The average Bonchev–Trinajstić information content (AvgIpc) is 3.00. The lowest BCUT2D eigenvalue weighted by Gasteiger charge is -2.31. The fourth-order valence-corrected chi connectivity index (χ4v) is 3.91. The Morgan fingerprint density at radius 1 is 0.885 bits per heavy atom. The summed E-state index contributed by atoms with van der Waals surface area (Å²) in [5.41, 5.74) is 2.46. The van der Waals surface area contributed by atoms with Gasteiger partial charge in [0.05, 0.1) is 6.04 Å². The van der Waals surface area contributed by atoms with Crippen molar-refractivity contribution in [3.63, 3.8) is 0 Å². The number of rotatable bonds is 5. The molecule has 3 heterocycles. The Hall–Kier alpha value is -2.46. The van der Waals surface area contributed by atoms with E-state index in [4.69, 9.17) is 0 Å². The summed E-state index contributed by atoms with van der Waals surface area (Å²) in [4.78, 5) is 11.5. The van der Waals surface area contributed by atoms with Gasteiger partial charge in [0.2, 0.25) is 0 Å². The second-order valence-corrected chi connectivity index (χ2v) is 7.02. The molecule has 1 aliphatic heterocycles. The maximum Gasteiger partial charge on any atom is 0.141 e. The summed E-state index contributed by atoms with van der Waals surface area (Å²) in [5, 5.41) is 0. The number of nitrogens with zero attached hydrogens (tertiary/aromatic N) is 4. The largest absolute Gasteiger partial charge is 0.329 e. The Morgan fingerprint density at radius 3 is 2.42 bits per heavy atom. The zero-order chi connectivity index (χ0) is 17.6. The number of pyridine rings is 1. The van der Waals surface area contributed by atoms with Crippen LogP contribution in [0, 0.1) is 0 Å². The highest BCUT2D eigenvalue weighted by molar-refractivity contribution is 5.53. The average molecular weight is 346 g/mol. The van der Waals surface area contributed by atoms with E-state index >= 15 is 0 Å². The Kier molecular flexibility index (Phi) is 5.41. The van der Waals surface area contributed by atoms with E-state index in [1.165, 1.54) is 44.3 Å². The lowest BCUT2D eigenvalue weighted by atomic mass is 10.0. The van der Waals surface area contributed by atoms with E-state index in [1.54, 1.807) is 6.20 Å². The van der Waals surface area contributed by atoms with Crippen LogP contribution in [0.2, 0.25) is 0 Å². The van der Waals surface area contributed by atoms with Crippen LogP contribution in [-0.2, 0) is 6.54 Å². The summed E-state index contributed by atoms with van der Waals surface area (Å²) in [5.74, 6) is 0.994. The molecule has 0 N–H and O–H groups in total. The fraction of sp³-hybridized carbons (Fsp3) is 0.364. The number of benzene rings is 1. The molecule has 0 amide bonds. The number of aromatic nitrogens is 3. The number of hydrogen-bond acceptors (Lipinski definition) is 3. The van der Waals surface area contributed by atoms with Crippen LogP contribution in [0.4, 0.5) is 0 Å². The first kappa shape index (κ1) is 17.0. The second-order valence-electron chi connectivity index (χ2n) is 7.02. The van der Waals surface area contributed by atoms with Crippen LogP contribution in [0.15, 0.2) is 67.3 Å². The molecule has 0 aliphatic carbocycles. The quantitative estimate of drug-likeness (QED) is 0.679. The molecular weight excluding hydrogens is 320 g/mol. The van der Waals surface area contributed by atoms with E-state index in [0.29, 0.717) is 6.04 Å². The third kappa shape index (κ3) is 3.86. The highest BCUT2D eigenvalue weighted by Crippen LogP contribution is 2.28. The third-order valence-corrected chi connectivity index (χ3v) is 5.27. The Balaban J connectivity index is 1.64. The third-order valence-electron chi connectivity index (χ3n) is 5.27. The molecule has 1 fully saturated rings. The number of hydrogen-bond donors (Lipinski definition) is 0. The van der Waals surface area contributed by atoms with Gasteiger partial charge >= 0.3 is 0 Å². The van der Waals surface area contributed by atoms with Gasteiger partial charge < -0.3 is 4.57 Å². The van der Waals surface area contributed by atoms with Crippen LogP contribution in [0.25, 0.3) is 11.4 Å². The van der Waals surface area contributed by atoms with E-state index < -0.39 is 0 Å². The molecule has 1 aromatic carbocycles. The van der Waals surface area contributed by atoms with Gasteiger partial charge in [-0.25, -0.2) is 4.98 Å². The first-order chi connectivity index (χ1) is 12.9. The molecule has 0 spiro atoms. The van der Waals surface area contributed by atoms with Gasteiger partial charge in [0.1, 0.15) is 5.82 Å². The summed E-state index contributed by atoms with van der Waals surface area (Å²) in [7, 11) is 0. The molecule has 2 aromatic heterocycles. The predicted molar refractivity (Wildman–Crippen MR) is 105 cm³/mol. The van der Waals surface area contributed by atoms with E-state index in [2.05, 4.69) is 62.0 Å². The highest BCUT2D eigenvalue weighted by atomic mass is 15.2. The Labute approximate surface area is 155 Å². The van der Waals surface area contributed by atoms with Crippen molar-refractivity contribution >= 4 is 0 Å². The van der Waals surface area contributed by atoms with Crippen molar-refractivity contribution in [2.75, 3.05) is 13.1 Å². The van der Waals surface area contributed by atoms with Gasteiger partial charge in [-0.05, 0) is 43.6 Å². The molecule has 4 heteroatoms. The Bertz CT molecular complexity index is 789. The lowest BCUT2D eigenvalue weighted by Crippen LogP contribution is -2.32. The summed E-state index contributed by atoms with van der Waals surface area (Å²) in [6.07, 6.45) is 13.0. The van der Waals surface area contributed by atoms with Crippen molar-refractivity contribution in [1.29, 1.82) is 0 Å². The summed E-state index contributed by atoms with van der Waals surface area (Å²) < 4.78 is 2.28. The van der Waals surface area contributed by atoms with Gasteiger partial charge in [0.15, 0.2) is 0 Å². The smallest absolute Gasteiger partial charge is 0.141 e. The first-order valence-electron chi connectivity index (χ1n) is 9.62. The SMILES string of the molecule is c1ccc([C@H](Cn2ccnc2-c2cccnc2)N2CCCCCC2)cc1. The number of likely N-dealkylation sites (tertiary alicyclic amines) is 1. The summed E-state index contributed by atoms with van der Waals surface area (Å²) in [6, 6.07) is 15.3. The van der Waals surface area contributed by atoms with Crippen LogP contribution in [0.3, 0.4) is 0 Å². The fourth-order valence-electron chi connectivity index (χ4n) is 3.91. The second kappa shape index (κ2) is 8.28. The minimum absolute atomic E-state index is 0.374. The van der Waals surface area contributed by atoms with Gasteiger partial charge in [0.25, 0.3) is 0 Å². The molecule has 4 nitrogen and oxygen atoms in total. The van der Waals surface area contributed by atoms with Crippen molar-refractivity contribution in [3.8, 4) is 11.4 Å². The van der Waals surface area contributed by atoms with E-state index in [1.807, 2.05) is 18.5 Å².